The molecular weight excluding hydrogens is 418 g/mol. The van der Waals surface area contributed by atoms with Gasteiger partial charge in [-0.15, -0.1) is 22.7 Å². The fourth-order valence-corrected chi connectivity index (χ4v) is 6.46. The highest BCUT2D eigenvalue weighted by molar-refractivity contribution is 7.91. The molecule has 7 nitrogen and oxygen atoms in total. The average molecular weight is 438 g/mol. The summed E-state index contributed by atoms with van der Waals surface area (Å²) in [5.74, 6) is 0.00374. The van der Waals surface area contributed by atoms with Crippen LogP contribution in [0, 0.1) is 5.92 Å². The maximum absolute atomic E-state index is 12.7. The lowest BCUT2D eigenvalue weighted by molar-refractivity contribution is -0.126. The van der Waals surface area contributed by atoms with E-state index in [1.54, 1.807) is 17.5 Å². The van der Waals surface area contributed by atoms with Gasteiger partial charge >= 0.3 is 0 Å². The summed E-state index contributed by atoms with van der Waals surface area (Å²) >= 11 is 2.73. The number of amides is 1. The number of oxazole rings is 1. The van der Waals surface area contributed by atoms with Crippen LogP contribution in [0.25, 0.3) is 10.8 Å². The van der Waals surface area contributed by atoms with Crippen LogP contribution < -0.4 is 5.32 Å². The molecule has 4 heterocycles. The molecule has 3 aromatic rings. The Morgan fingerprint density at radius 1 is 1.29 bits per heavy atom. The van der Waals surface area contributed by atoms with Crippen LogP contribution in [0.5, 0.6) is 0 Å². The van der Waals surface area contributed by atoms with Gasteiger partial charge in [0.15, 0.2) is 0 Å². The molecule has 0 aromatic carbocycles. The van der Waals surface area contributed by atoms with Gasteiger partial charge in [0.1, 0.15) is 10.5 Å². The molecule has 4 rings (SSSR count). The summed E-state index contributed by atoms with van der Waals surface area (Å²) in [6.45, 7) is 0.894. The van der Waals surface area contributed by atoms with Crippen LogP contribution >= 0.6 is 22.7 Å². The maximum atomic E-state index is 12.7. The topological polar surface area (TPSA) is 92.5 Å². The molecule has 1 aliphatic heterocycles. The van der Waals surface area contributed by atoms with Gasteiger partial charge in [-0.1, -0.05) is 12.1 Å². The zero-order valence-corrected chi connectivity index (χ0v) is 17.4. The summed E-state index contributed by atoms with van der Waals surface area (Å²) in [7, 11) is -3.53. The predicted octanol–water partition coefficient (Wildman–Crippen LogP) is 3.18. The van der Waals surface area contributed by atoms with Gasteiger partial charge in [-0.05, 0) is 35.7 Å². The molecule has 1 atom stereocenters. The van der Waals surface area contributed by atoms with E-state index in [0.717, 1.165) is 4.88 Å². The Balaban J connectivity index is 1.36. The lowest BCUT2D eigenvalue weighted by Crippen LogP contribution is -2.45. The highest BCUT2D eigenvalue weighted by atomic mass is 32.2. The number of sulfonamides is 1. The van der Waals surface area contributed by atoms with Crippen LogP contribution in [0.4, 0.5) is 0 Å². The molecule has 1 amide bonds. The molecule has 0 saturated carbocycles. The van der Waals surface area contributed by atoms with Gasteiger partial charge < -0.3 is 9.73 Å². The SMILES string of the molecule is O=C(NCc1coc(-c2cccs2)n1)[C@@H]1CCCN(S(=O)(=O)c2cccs2)C1. The number of carbonyl (C=O) groups is 1. The summed E-state index contributed by atoms with van der Waals surface area (Å²) in [6.07, 6.45) is 2.86. The Labute approximate surface area is 171 Å². The molecule has 0 radical (unpaired) electrons. The van der Waals surface area contributed by atoms with Crippen molar-refractivity contribution in [2.24, 2.45) is 5.92 Å². The number of hydrogen-bond donors (Lipinski definition) is 1. The van der Waals surface area contributed by atoms with Crippen LogP contribution in [0.15, 0.2) is 49.9 Å². The monoisotopic (exact) mass is 437 g/mol. The third kappa shape index (κ3) is 4.04. The van der Waals surface area contributed by atoms with Crippen LogP contribution in [0.1, 0.15) is 18.5 Å². The van der Waals surface area contributed by atoms with Crippen LogP contribution in [-0.4, -0.2) is 36.7 Å². The summed E-state index contributed by atoms with van der Waals surface area (Å²) in [5, 5.41) is 6.54. The number of nitrogens with zero attached hydrogens (tertiary/aromatic N) is 2. The van der Waals surface area contributed by atoms with Crippen molar-refractivity contribution >= 4 is 38.6 Å². The van der Waals surface area contributed by atoms with E-state index >= 15 is 0 Å². The second-order valence-corrected chi connectivity index (χ2v) is 10.5. The van der Waals surface area contributed by atoms with Crippen molar-refractivity contribution in [2.75, 3.05) is 13.1 Å². The standard InChI is InChI=1S/C18H19N3O4S3/c22-17(19-10-14-12-25-18(20-14)15-5-2-8-26-15)13-4-1-7-21(11-13)28(23,24)16-6-3-9-27-16/h2-3,5-6,8-9,12-13H,1,4,7,10-11H2,(H,19,22)/t13-/m1/s1. The third-order valence-corrected chi connectivity index (χ3v) is 8.67. The number of thiophene rings is 2. The van der Waals surface area contributed by atoms with Crippen molar-refractivity contribution < 1.29 is 17.6 Å². The molecule has 1 aliphatic rings. The molecule has 28 heavy (non-hydrogen) atoms. The average Bonchev–Trinajstić information content (AvgIpc) is 3.48. The first kappa shape index (κ1) is 19.3. The molecule has 0 bridgehead atoms. The molecule has 148 valence electrons. The van der Waals surface area contributed by atoms with Crippen molar-refractivity contribution in [3.63, 3.8) is 0 Å². The molecule has 1 N–H and O–H groups in total. The first-order valence-corrected chi connectivity index (χ1v) is 12.0. The predicted molar refractivity (Wildman–Crippen MR) is 107 cm³/mol. The molecule has 1 fully saturated rings. The van der Waals surface area contributed by atoms with E-state index in [1.807, 2.05) is 17.5 Å². The minimum Gasteiger partial charge on any atom is -0.443 e. The van der Waals surface area contributed by atoms with Crippen molar-refractivity contribution in [2.45, 2.75) is 23.6 Å². The number of rotatable bonds is 6. The molecule has 0 unspecified atom stereocenters. The first-order valence-electron chi connectivity index (χ1n) is 8.83. The van der Waals surface area contributed by atoms with E-state index in [4.69, 9.17) is 4.42 Å². The lowest BCUT2D eigenvalue weighted by Gasteiger charge is -2.30. The van der Waals surface area contributed by atoms with Gasteiger partial charge in [0.25, 0.3) is 10.0 Å². The molecule has 10 heteroatoms. The minimum absolute atomic E-state index is 0.160. The fourth-order valence-electron chi connectivity index (χ4n) is 3.14. The van der Waals surface area contributed by atoms with E-state index in [9.17, 15) is 13.2 Å². The van der Waals surface area contributed by atoms with Crippen molar-refractivity contribution in [3.05, 3.63) is 47.0 Å². The van der Waals surface area contributed by atoms with E-state index in [-0.39, 0.29) is 24.9 Å². The number of carbonyl (C=O) groups excluding carboxylic acids is 1. The fraction of sp³-hybridized carbons (Fsp3) is 0.333. The molecule has 0 aliphatic carbocycles. The Hall–Kier alpha value is -2.01. The summed E-state index contributed by atoms with van der Waals surface area (Å²) in [4.78, 5) is 17.9. The zero-order chi connectivity index (χ0) is 19.6. The normalized spacial score (nSPS) is 18.2. The van der Waals surface area contributed by atoms with Gasteiger partial charge in [-0.2, -0.15) is 4.31 Å². The Morgan fingerprint density at radius 2 is 2.11 bits per heavy atom. The largest absolute Gasteiger partial charge is 0.443 e. The molecule has 0 spiro atoms. The summed E-state index contributed by atoms with van der Waals surface area (Å²) in [5.41, 5.74) is 0.635. The Kier molecular flexibility index (Phi) is 5.63. The zero-order valence-electron chi connectivity index (χ0n) is 14.9. The summed E-state index contributed by atoms with van der Waals surface area (Å²) < 4.78 is 32.6. The molecule has 3 aromatic heterocycles. The maximum Gasteiger partial charge on any atom is 0.252 e. The third-order valence-electron chi connectivity index (χ3n) is 4.57. The van der Waals surface area contributed by atoms with E-state index in [1.165, 1.54) is 33.2 Å². The van der Waals surface area contributed by atoms with Crippen molar-refractivity contribution in [3.8, 4) is 10.8 Å². The summed E-state index contributed by atoms with van der Waals surface area (Å²) in [6, 6.07) is 7.15. The quantitative estimate of drug-likeness (QED) is 0.639. The lowest BCUT2D eigenvalue weighted by atomic mass is 9.99. The smallest absolute Gasteiger partial charge is 0.252 e. The number of hydrogen-bond acceptors (Lipinski definition) is 7. The van der Waals surface area contributed by atoms with Crippen LogP contribution in [0.3, 0.4) is 0 Å². The molecule has 1 saturated heterocycles. The van der Waals surface area contributed by atoms with Gasteiger partial charge in [0, 0.05) is 13.1 Å². The van der Waals surface area contributed by atoms with Crippen molar-refractivity contribution in [1.29, 1.82) is 0 Å². The number of nitrogens with one attached hydrogen (secondary N) is 1. The highest BCUT2D eigenvalue weighted by Crippen LogP contribution is 2.27. The van der Waals surface area contributed by atoms with E-state index in [2.05, 4.69) is 10.3 Å². The Bertz CT molecular complexity index is 1030. The number of piperidine rings is 1. The van der Waals surface area contributed by atoms with Gasteiger partial charge in [0.2, 0.25) is 11.8 Å². The van der Waals surface area contributed by atoms with Crippen LogP contribution in [-0.2, 0) is 21.4 Å². The first-order chi connectivity index (χ1) is 13.5. The molecular formula is C18H19N3O4S3. The second-order valence-electron chi connectivity index (χ2n) is 6.47. The van der Waals surface area contributed by atoms with Gasteiger partial charge in [-0.3, -0.25) is 4.79 Å². The number of aromatic nitrogens is 1. The van der Waals surface area contributed by atoms with Gasteiger partial charge in [0.05, 0.1) is 23.0 Å². The second kappa shape index (κ2) is 8.16. The minimum atomic E-state index is -3.53. The van der Waals surface area contributed by atoms with Crippen LogP contribution in [0.2, 0.25) is 0 Å². The van der Waals surface area contributed by atoms with Crippen molar-refractivity contribution in [1.82, 2.24) is 14.6 Å². The van der Waals surface area contributed by atoms with Gasteiger partial charge in [-0.25, -0.2) is 13.4 Å². The van der Waals surface area contributed by atoms with E-state index in [0.29, 0.717) is 35.2 Å². The van der Waals surface area contributed by atoms with E-state index < -0.39 is 10.0 Å². The highest BCUT2D eigenvalue weighted by Gasteiger charge is 2.33. The Morgan fingerprint density at radius 3 is 2.86 bits per heavy atom.